The van der Waals surface area contributed by atoms with E-state index in [1.165, 1.54) is 6.42 Å². The Morgan fingerprint density at radius 3 is 2.92 bits per heavy atom. The molecule has 24 heavy (non-hydrogen) atoms. The van der Waals surface area contributed by atoms with Crippen molar-refractivity contribution < 1.29 is 4.79 Å². The standard InChI is InChI=1S/C17H25ClN4O.HI/c1-12-5-6-15(14(18)10-12)21-16(23)7-8-20-17(19)22-9-3-4-13(2)11-22;/h5-6,10,13H,3-4,7-9,11H2,1-2H3,(H2,19,20)(H,21,23);1H. The first kappa shape index (κ1) is 21.0. The molecule has 1 saturated heterocycles. The van der Waals surface area contributed by atoms with Crippen molar-refractivity contribution in [2.24, 2.45) is 16.6 Å². The van der Waals surface area contributed by atoms with Crippen LogP contribution in [0.25, 0.3) is 0 Å². The van der Waals surface area contributed by atoms with Crippen LogP contribution in [0.1, 0.15) is 31.7 Å². The third-order valence-electron chi connectivity index (χ3n) is 3.99. The molecule has 1 amide bonds. The minimum atomic E-state index is -0.112. The van der Waals surface area contributed by atoms with E-state index in [1.54, 1.807) is 0 Å². The van der Waals surface area contributed by atoms with E-state index in [1.807, 2.05) is 25.1 Å². The fourth-order valence-electron chi connectivity index (χ4n) is 2.70. The summed E-state index contributed by atoms with van der Waals surface area (Å²) in [4.78, 5) is 18.4. The number of hydrogen-bond acceptors (Lipinski definition) is 2. The lowest BCUT2D eigenvalue weighted by atomic mass is 10.0. The summed E-state index contributed by atoms with van der Waals surface area (Å²) < 4.78 is 0. The number of benzene rings is 1. The molecule has 7 heteroatoms. The van der Waals surface area contributed by atoms with Crippen LogP contribution in [0, 0.1) is 12.8 Å². The number of nitrogens with two attached hydrogens (primary N) is 1. The number of amides is 1. The molecule has 0 saturated carbocycles. The largest absolute Gasteiger partial charge is 0.370 e. The van der Waals surface area contributed by atoms with E-state index >= 15 is 0 Å². The first-order valence-corrected chi connectivity index (χ1v) is 8.44. The van der Waals surface area contributed by atoms with E-state index in [9.17, 15) is 4.79 Å². The third-order valence-corrected chi connectivity index (χ3v) is 4.31. The summed E-state index contributed by atoms with van der Waals surface area (Å²) in [5.74, 6) is 1.07. The molecule has 1 fully saturated rings. The number of likely N-dealkylation sites (tertiary alicyclic amines) is 1. The van der Waals surface area contributed by atoms with Gasteiger partial charge in [-0.2, -0.15) is 0 Å². The van der Waals surface area contributed by atoms with Gasteiger partial charge in [-0.1, -0.05) is 24.6 Å². The Morgan fingerprint density at radius 1 is 1.50 bits per heavy atom. The lowest BCUT2D eigenvalue weighted by Gasteiger charge is -2.31. The molecule has 1 atom stereocenters. The van der Waals surface area contributed by atoms with Crippen molar-refractivity contribution in [3.8, 4) is 0 Å². The van der Waals surface area contributed by atoms with E-state index < -0.39 is 0 Å². The lowest BCUT2D eigenvalue weighted by Crippen LogP contribution is -2.43. The normalized spacial score (nSPS) is 18.0. The fourth-order valence-corrected chi connectivity index (χ4v) is 2.99. The van der Waals surface area contributed by atoms with Crippen LogP contribution < -0.4 is 11.1 Å². The Hall–Kier alpha value is -1.02. The van der Waals surface area contributed by atoms with Crippen molar-refractivity contribution in [1.29, 1.82) is 0 Å². The number of anilines is 1. The Kier molecular flexibility index (Phi) is 8.83. The van der Waals surface area contributed by atoms with Crippen molar-refractivity contribution in [1.82, 2.24) is 4.90 Å². The predicted octanol–water partition coefficient (Wildman–Crippen LogP) is 3.64. The molecule has 1 aliphatic rings. The molecule has 1 aromatic rings. The van der Waals surface area contributed by atoms with E-state index in [0.717, 1.165) is 25.1 Å². The highest BCUT2D eigenvalue weighted by Crippen LogP contribution is 2.22. The number of aryl methyl sites for hydroxylation is 1. The highest BCUT2D eigenvalue weighted by Gasteiger charge is 2.17. The Morgan fingerprint density at radius 2 is 2.25 bits per heavy atom. The van der Waals surface area contributed by atoms with E-state index in [0.29, 0.717) is 29.1 Å². The second-order valence-electron chi connectivity index (χ2n) is 6.21. The quantitative estimate of drug-likeness (QED) is 0.406. The molecule has 3 N–H and O–H groups in total. The fraction of sp³-hybridized carbons (Fsp3) is 0.529. The van der Waals surface area contributed by atoms with Gasteiger partial charge in [-0.3, -0.25) is 9.79 Å². The summed E-state index contributed by atoms with van der Waals surface area (Å²) in [5.41, 5.74) is 7.70. The molecule has 1 aliphatic heterocycles. The molecule has 0 bridgehead atoms. The van der Waals surface area contributed by atoms with Crippen molar-refractivity contribution in [2.45, 2.75) is 33.1 Å². The zero-order valence-electron chi connectivity index (χ0n) is 14.2. The van der Waals surface area contributed by atoms with Crippen LogP contribution in [0.3, 0.4) is 0 Å². The minimum absolute atomic E-state index is 0. The van der Waals surface area contributed by atoms with Crippen molar-refractivity contribution >= 4 is 53.1 Å². The molecule has 5 nitrogen and oxygen atoms in total. The van der Waals surface area contributed by atoms with Crippen LogP contribution in [0.4, 0.5) is 5.69 Å². The number of halogens is 2. The van der Waals surface area contributed by atoms with Gasteiger partial charge in [0.05, 0.1) is 17.3 Å². The predicted molar refractivity (Wildman–Crippen MR) is 111 cm³/mol. The molecule has 0 aromatic heterocycles. The van der Waals surface area contributed by atoms with Gasteiger partial charge >= 0.3 is 0 Å². The van der Waals surface area contributed by atoms with Crippen LogP contribution in [0.2, 0.25) is 5.02 Å². The van der Waals surface area contributed by atoms with Gasteiger partial charge in [-0.05, 0) is 43.4 Å². The number of nitrogens with one attached hydrogen (secondary N) is 1. The number of carbonyl (C=O) groups is 1. The molecule has 134 valence electrons. The summed E-state index contributed by atoms with van der Waals surface area (Å²) >= 11 is 6.10. The Balaban J connectivity index is 0.00000288. The monoisotopic (exact) mass is 464 g/mol. The zero-order valence-corrected chi connectivity index (χ0v) is 17.3. The van der Waals surface area contributed by atoms with Gasteiger partial charge in [0.2, 0.25) is 5.91 Å². The average molecular weight is 465 g/mol. The summed E-state index contributed by atoms with van der Waals surface area (Å²) in [6, 6.07) is 5.54. The minimum Gasteiger partial charge on any atom is -0.370 e. The molecule has 2 rings (SSSR count). The Labute approximate surface area is 166 Å². The molecular formula is C17H26ClIN4O. The van der Waals surface area contributed by atoms with Crippen LogP contribution in [0.15, 0.2) is 23.2 Å². The highest BCUT2D eigenvalue weighted by molar-refractivity contribution is 14.0. The van der Waals surface area contributed by atoms with Crippen molar-refractivity contribution in [3.63, 3.8) is 0 Å². The number of nitrogens with zero attached hydrogens (tertiary/aromatic N) is 2. The molecule has 0 spiro atoms. The number of guanidine groups is 1. The molecular weight excluding hydrogens is 439 g/mol. The van der Waals surface area contributed by atoms with E-state index in [2.05, 4.69) is 22.1 Å². The maximum Gasteiger partial charge on any atom is 0.226 e. The molecule has 0 aliphatic carbocycles. The third kappa shape index (κ3) is 6.47. The van der Waals surface area contributed by atoms with Gasteiger partial charge in [-0.25, -0.2) is 0 Å². The number of rotatable bonds is 4. The summed E-state index contributed by atoms with van der Waals surface area (Å²) in [7, 11) is 0. The molecule has 1 aromatic carbocycles. The number of aliphatic imine (C=N–C) groups is 1. The number of hydrogen-bond donors (Lipinski definition) is 2. The summed E-state index contributed by atoms with van der Waals surface area (Å²) in [6.07, 6.45) is 2.67. The van der Waals surface area contributed by atoms with Crippen molar-refractivity contribution in [3.05, 3.63) is 28.8 Å². The maximum atomic E-state index is 12.0. The first-order chi connectivity index (χ1) is 11.0. The van der Waals surface area contributed by atoms with Crippen LogP contribution >= 0.6 is 35.6 Å². The first-order valence-electron chi connectivity index (χ1n) is 8.06. The van der Waals surface area contributed by atoms with Crippen LogP contribution in [-0.4, -0.2) is 36.4 Å². The van der Waals surface area contributed by atoms with Gasteiger partial charge < -0.3 is 16.0 Å². The van der Waals surface area contributed by atoms with Crippen LogP contribution in [-0.2, 0) is 4.79 Å². The number of piperidine rings is 1. The van der Waals surface area contributed by atoms with Gasteiger partial charge in [0, 0.05) is 19.5 Å². The van der Waals surface area contributed by atoms with Gasteiger partial charge in [0.15, 0.2) is 5.96 Å². The summed E-state index contributed by atoms with van der Waals surface area (Å²) in [6.45, 7) is 6.45. The smallest absolute Gasteiger partial charge is 0.226 e. The molecule has 0 radical (unpaired) electrons. The van der Waals surface area contributed by atoms with Gasteiger partial charge in [0.25, 0.3) is 0 Å². The Bertz CT molecular complexity index is 594. The van der Waals surface area contributed by atoms with E-state index in [4.69, 9.17) is 17.3 Å². The second-order valence-corrected chi connectivity index (χ2v) is 6.62. The molecule has 1 heterocycles. The summed E-state index contributed by atoms with van der Waals surface area (Å²) in [5, 5.41) is 3.35. The van der Waals surface area contributed by atoms with Gasteiger partial charge in [-0.15, -0.1) is 24.0 Å². The lowest BCUT2D eigenvalue weighted by molar-refractivity contribution is -0.116. The average Bonchev–Trinajstić information content (AvgIpc) is 2.50. The topological polar surface area (TPSA) is 70.7 Å². The SMILES string of the molecule is Cc1ccc(NC(=O)CCN=C(N)N2CCCC(C)C2)c(Cl)c1.I. The van der Waals surface area contributed by atoms with Gasteiger partial charge in [0.1, 0.15) is 0 Å². The highest BCUT2D eigenvalue weighted by atomic mass is 127. The van der Waals surface area contributed by atoms with E-state index in [-0.39, 0.29) is 36.3 Å². The second kappa shape index (κ2) is 10.1. The number of carbonyl (C=O) groups excluding carboxylic acids is 1. The maximum absolute atomic E-state index is 12.0. The zero-order chi connectivity index (χ0) is 16.8. The van der Waals surface area contributed by atoms with Crippen LogP contribution in [0.5, 0.6) is 0 Å². The van der Waals surface area contributed by atoms with Crippen molar-refractivity contribution in [2.75, 3.05) is 25.0 Å². The molecule has 1 unspecified atom stereocenters.